The summed E-state index contributed by atoms with van der Waals surface area (Å²) in [6.07, 6.45) is 0.483. The summed E-state index contributed by atoms with van der Waals surface area (Å²) in [6, 6.07) is 2.67. The molecule has 0 radical (unpaired) electrons. The van der Waals surface area contributed by atoms with Gasteiger partial charge in [-0.15, -0.1) is 0 Å². The number of hydrogen-bond donors (Lipinski definition) is 4. The molecule has 96 valence electrons. The van der Waals surface area contributed by atoms with Crippen molar-refractivity contribution in [2.75, 3.05) is 24.3 Å². The van der Waals surface area contributed by atoms with E-state index in [4.69, 9.17) is 5.73 Å². The maximum absolute atomic E-state index is 13.4. The van der Waals surface area contributed by atoms with Crippen molar-refractivity contribution in [1.29, 1.82) is 0 Å². The monoisotopic (exact) mass is 306 g/mol. The van der Waals surface area contributed by atoms with Gasteiger partial charge in [-0.2, -0.15) is 0 Å². The van der Waals surface area contributed by atoms with Crippen LogP contribution in [-0.4, -0.2) is 29.0 Å². The van der Waals surface area contributed by atoms with Crippen LogP contribution in [-0.2, 0) is 0 Å². The van der Waals surface area contributed by atoms with Gasteiger partial charge in [-0.05, 0) is 28.4 Å². The molecule has 4 nitrogen and oxygen atoms in total. The number of nitrogen functional groups attached to an aromatic ring is 1. The molecule has 17 heavy (non-hydrogen) atoms. The van der Waals surface area contributed by atoms with E-state index >= 15 is 0 Å². The predicted octanol–water partition coefficient (Wildman–Crippen LogP) is 1.72. The Hall–Kier alpha value is -0.850. The molecule has 0 bridgehead atoms. The second-order valence-electron chi connectivity index (χ2n) is 3.93. The summed E-state index contributed by atoms with van der Waals surface area (Å²) in [4.78, 5) is 0. The van der Waals surface area contributed by atoms with E-state index in [1.165, 1.54) is 12.1 Å². The first-order chi connectivity index (χ1) is 7.98. The van der Waals surface area contributed by atoms with Crippen LogP contribution in [0.5, 0.6) is 0 Å². The molecule has 1 aromatic rings. The van der Waals surface area contributed by atoms with E-state index in [9.17, 15) is 14.6 Å². The molecule has 0 aliphatic carbocycles. The number of hydrogen-bond acceptors (Lipinski definition) is 4. The molecule has 0 amide bonds. The predicted molar refractivity (Wildman–Crippen MR) is 69.3 cm³/mol. The van der Waals surface area contributed by atoms with E-state index < -0.39 is 11.4 Å². The van der Waals surface area contributed by atoms with Gasteiger partial charge >= 0.3 is 0 Å². The normalized spacial score (nSPS) is 11.6. The Morgan fingerprint density at radius 2 is 2.00 bits per heavy atom. The standard InChI is InChI=1S/C11H16BrFN2O2/c1-2-11(5-16,6-17)15-10-4-8(13)7(12)3-9(10)14/h3-4,15-17H,2,5-6,14H2,1H3. The smallest absolute Gasteiger partial charge is 0.139 e. The minimum Gasteiger partial charge on any atom is -0.397 e. The first kappa shape index (κ1) is 14.2. The fourth-order valence-corrected chi connectivity index (χ4v) is 1.76. The summed E-state index contributed by atoms with van der Waals surface area (Å²) in [5.74, 6) is -0.456. The van der Waals surface area contributed by atoms with Crippen LogP contribution in [0.3, 0.4) is 0 Å². The van der Waals surface area contributed by atoms with Crippen molar-refractivity contribution in [2.45, 2.75) is 18.9 Å². The van der Waals surface area contributed by atoms with Gasteiger partial charge in [0.25, 0.3) is 0 Å². The highest BCUT2D eigenvalue weighted by molar-refractivity contribution is 9.10. The largest absolute Gasteiger partial charge is 0.397 e. The summed E-state index contributed by atoms with van der Waals surface area (Å²) in [7, 11) is 0. The molecule has 1 aromatic carbocycles. The molecule has 0 aliphatic heterocycles. The molecule has 0 spiro atoms. The van der Waals surface area contributed by atoms with E-state index in [0.29, 0.717) is 17.8 Å². The lowest BCUT2D eigenvalue weighted by atomic mass is 9.98. The number of benzene rings is 1. The minimum absolute atomic E-state index is 0.267. The lowest BCUT2D eigenvalue weighted by Crippen LogP contribution is -2.45. The highest BCUT2D eigenvalue weighted by Gasteiger charge is 2.27. The first-order valence-electron chi connectivity index (χ1n) is 5.22. The van der Waals surface area contributed by atoms with Crippen LogP contribution in [0.2, 0.25) is 0 Å². The van der Waals surface area contributed by atoms with Crippen molar-refractivity contribution in [3.8, 4) is 0 Å². The van der Waals surface area contributed by atoms with Gasteiger partial charge < -0.3 is 21.3 Å². The van der Waals surface area contributed by atoms with Crippen LogP contribution in [0, 0.1) is 5.82 Å². The van der Waals surface area contributed by atoms with Crippen LogP contribution in [0.15, 0.2) is 16.6 Å². The van der Waals surface area contributed by atoms with Gasteiger partial charge in [-0.3, -0.25) is 0 Å². The third-order valence-electron chi connectivity index (χ3n) is 2.77. The van der Waals surface area contributed by atoms with Crippen LogP contribution >= 0.6 is 15.9 Å². The summed E-state index contributed by atoms with van der Waals surface area (Å²) in [6.45, 7) is 1.28. The third kappa shape index (κ3) is 3.08. The molecular formula is C11H16BrFN2O2. The number of aliphatic hydroxyl groups excluding tert-OH is 2. The molecule has 0 saturated carbocycles. The topological polar surface area (TPSA) is 78.5 Å². The fourth-order valence-electron chi connectivity index (χ4n) is 1.40. The number of anilines is 2. The van der Waals surface area contributed by atoms with Crippen molar-refractivity contribution in [3.63, 3.8) is 0 Å². The Morgan fingerprint density at radius 1 is 1.41 bits per heavy atom. The van der Waals surface area contributed by atoms with Crippen LogP contribution < -0.4 is 11.1 Å². The number of nitrogens with one attached hydrogen (secondary N) is 1. The summed E-state index contributed by atoms with van der Waals surface area (Å²) in [5, 5.41) is 21.5. The zero-order valence-corrected chi connectivity index (χ0v) is 11.1. The third-order valence-corrected chi connectivity index (χ3v) is 3.38. The molecular weight excluding hydrogens is 291 g/mol. The SMILES string of the molecule is CCC(CO)(CO)Nc1cc(F)c(Br)cc1N. The van der Waals surface area contributed by atoms with E-state index in [-0.39, 0.29) is 17.7 Å². The lowest BCUT2D eigenvalue weighted by molar-refractivity contribution is 0.132. The van der Waals surface area contributed by atoms with Crippen molar-refractivity contribution in [3.05, 3.63) is 22.4 Å². The number of halogens is 2. The van der Waals surface area contributed by atoms with E-state index in [1.807, 2.05) is 6.92 Å². The van der Waals surface area contributed by atoms with E-state index in [2.05, 4.69) is 21.2 Å². The van der Waals surface area contributed by atoms with Gasteiger partial charge in [0, 0.05) is 6.07 Å². The van der Waals surface area contributed by atoms with Gasteiger partial charge in [-0.1, -0.05) is 6.92 Å². The zero-order chi connectivity index (χ0) is 13.1. The molecule has 6 heteroatoms. The van der Waals surface area contributed by atoms with Crippen LogP contribution in [0.4, 0.5) is 15.8 Å². The van der Waals surface area contributed by atoms with Crippen molar-refractivity contribution >= 4 is 27.3 Å². The molecule has 0 unspecified atom stereocenters. The molecule has 0 heterocycles. The Bertz CT molecular complexity index is 389. The van der Waals surface area contributed by atoms with E-state index in [1.54, 1.807) is 0 Å². The van der Waals surface area contributed by atoms with Crippen LogP contribution in [0.1, 0.15) is 13.3 Å². The first-order valence-corrected chi connectivity index (χ1v) is 6.01. The number of aliphatic hydroxyl groups is 2. The summed E-state index contributed by atoms with van der Waals surface area (Å²) in [5.41, 5.74) is 5.55. The summed E-state index contributed by atoms with van der Waals surface area (Å²) >= 11 is 3.03. The van der Waals surface area contributed by atoms with Gasteiger partial charge in [0.05, 0.1) is 34.6 Å². The second kappa shape index (κ2) is 5.66. The Labute approximate surface area is 108 Å². The zero-order valence-electron chi connectivity index (χ0n) is 9.50. The Balaban J connectivity index is 3.05. The van der Waals surface area contributed by atoms with Crippen molar-refractivity contribution in [2.24, 2.45) is 0 Å². The highest BCUT2D eigenvalue weighted by atomic mass is 79.9. The second-order valence-corrected chi connectivity index (χ2v) is 4.78. The van der Waals surface area contributed by atoms with Gasteiger partial charge in [0.15, 0.2) is 0 Å². The minimum atomic E-state index is -0.894. The maximum atomic E-state index is 13.4. The van der Waals surface area contributed by atoms with E-state index in [0.717, 1.165) is 0 Å². The van der Waals surface area contributed by atoms with Gasteiger partial charge in [-0.25, -0.2) is 4.39 Å². The lowest BCUT2D eigenvalue weighted by Gasteiger charge is -2.31. The van der Waals surface area contributed by atoms with Crippen molar-refractivity contribution < 1.29 is 14.6 Å². The van der Waals surface area contributed by atoms with Gasteiger partial charge in [0.2, 0.25) is 0 Å². The molecule has 0 aromatic heterocycles. The average molecular weight is 307 g/mol. The maximum Gasteiger partial charge on any atom is 0.139 e. The molecule has 0 fully saturated rings. The number of rotatable bonds is 5. The quantitative estimate of drug-likeness (QED) is 0.625. The van der Waals surface area contributed by atoms with Crippen LogP contribution in [0.25, 0.3) is 0 Å². The molecule has 0 aliphatic rings. The fraction of sp³-hybridized carbons (Fsp3) is 0.455. The molecule has 1 rings (SSSR count). The Morgan fingerprint density at radius 3 is 2.47 bits per heavy atom. The molecule has 5 N–H and O–H groups in total. The average Bonchev–Trinajstić information content (AvgIpc) is 2.33. The Kier molecular flexibility index (Phi) is 4.73. The molecule has 0 atom stereocenters. The van der Waals surface area contributed by atoms with Crippen molar-refractivity contribution in [1.82, 2.24) is 0 Å². The molecule has 0 saturated heterocycles. The van der Waals surface area contributed by atoms with Gasteiger partial charge in [0.1, 0.15) is 5.82 Å². The summed E-state index contributed by atoms with van der Waals surface area (Å²) < 4.78 is 13.7. The highest BCUT2D eigenvalue weighted by Crippen LogP contribution is 2.29. The number of nitrogens with two attached hydrogens (primary N) is 1.